The van der Waals surface area contributed by atoms with E-state index in [9.17, 15) is 28.0 Å². The van der Waals surface area contributed by atoms with Crippen molar-refractivity contribution in [2.24, 2.45) is 7.05 Å². The Morgan fingerprint density at radius 2 is 1.83 bits per heavy atom. The number of fused-ring (bicyclic) bond motifs is 1. The van der Waals surface area contributed by atoms with Crippen LogP contribution in [0.3, 0.4) is 0 Å². The Morgan fingerprint density at radius 3 is 2.53 bits per heavy atom. The van der Waals surface area contributed by atoms with Gasteiger partial charge >= 0.3 is 12.2 Å². The van der Waals surface area contributed by atoms with Crippen molar-refractivity contribution in [1.82, 2.24) is 9.55 Å². The molecule has 30 heavy (non-hydrogen) atoms. The quantitative estimate of drug-likeness (QED) is 0.646. The van der Waals surface area contributed by atoms with Crippen molar-refractivity contribution < 1.29 is 18.0 Å². The summed E-state index contributed by atoms with van der Waals surface area (Å²) in [5.74, 6) is 0. The molecule has 1 aliphatic heterocycles. The van der Waals surface area contributed by atoms with E-state index in [0.29, 0.717) is 15.6 Å². The second kappa shape index (κ2) is 6.88. The molecule has 4 rings (SSSR count). The van der Waals surface area contributed by atoms with E-state index in [4.69, 9.17) is 0 Å². The highest BCUT2D eigenvalue weighted by atomic mass is 19.4. The number of rotatable bonds is 2. The van der Waals surface area contributed by atoms with Crippen molar-refractivity contribution in [3.05, 3.63) is 64.8 Å². The molecule has 1 aromatic carbocycles. The number of pyridine rings is 2. The molecule has 3 aromatic rings. The number of aromatic nitrogens is 2. The Kier molecular flexibility index (Phi) is 4.46. The average Bonchev–Trinajstić information content (AvgIpc) is 3.04. The number of urea groups is 1. The van der Waals surface area contributed by atoms with Gasteiger partial charge in [-0.05, 0) is 12.1 Å². The standard InChI is InChI=1S/C20H14F3N5O2/c1-26-17(20(21,22)23)7-6-15(18(26)29)27-11-13(8-24)28(19(27)30)16-10-25-9-12-4-2-3-5-14(12)16/h2-7,9-10,13H,11H2,1H3/t13-/m1/s1. The van der Waals surface area contributed by atoms with Gasteiger partial charge in [-0.25, -0.2) is 4.79 Å². The predicted octanol–water partition coefficient (Wildman–Crippen LogP) is 3.29. The Hall–Kier alpha value is -3.87. The van der Waals surface area contributed by atoms with Crippen molar-refractivity contribution in [3.8, 4) is 6.07 Å². The smallest absolute Gasteiger partial charge is 0.306 e. The van der Waals surface area contributed by atoms with Gasteiger partial charge in [-0.1, -0.05) is 24.3 Å². The van der Waals surface area contributed by atoms with E-state index < -0.39 is 29.5 Å². The molecule has 3 heterocycles. The van der Waals surface area contributed by atoms with E-state index >= 15 is 0 Å². The van der Waals surface area contributed by atoms with Gasteiger partial charge in [0.2, 0.25) is 0 Å². The van der Waals surface area contributed by atoms with E-state index in [1.54, 1.807) is 30.5 Å². The average molecular weight is 413 g/mol. The second-order valence-corrected chi connectivity index (χ2v) is 6.75. The lowest BCUT2D eigenvalue weighted by atomic mass is 10.1. The minimum absolute atomic E-state index is 0.168. The molecule has 1 aliphatic rings. The largest absolute Gasteiger partial charge is 0.431 e. The first-order chi connectivity index (χ1) is 14.2. The van der Waals surface area contributed by atoms with E-state index in [1.807, 2.05) is 6.07 Å². The van der Waals surface area contributed by atoms with Crippen molar-refractivity contribution >= 4 is 28.2 Å². The summed E-state index contributed by atoms with van der Waals surface area (Å²) in [5.41, 5.74) is -1.95. The Morgan fingerprint density at radius 1 is 1.10 bits per heavy atom. The summed E-state index contributed by atoms with van der Waals surface area (Å²) in [6.45, 7) is -0.168. The van der Waals surface area contributed by atoms with Crippen LogP contribution in [0.4, 0.5) is 29.3 Å². The van der Waals surface area contributed by atoms with Crippen LogP contribution in [0.1, 0.15) is 5.69 Å². The summed E-state index contributed by atoms with van der Waals surface area (Å²) in [4.78, 5) is 32.1. The molecular formula is C20H14F3N5O2. The van der Waals surface area contributed by atoms with Crippen LogP contribution in [0.25, 0.3) is 10.8 Å². The van der Waals surface area contributed by atoms with Crippen LogP contribution in [0.15, 0.2) is 53.6 Å². The number of nitrogens with zero attached hydrogens (tertiary/aromatic N) is 5. The number of anilines is 2. The molecule has 0 aliphatic carbocycles. The number of hydrogen-bond donors (Lipinski definition) is 0. The number of halogens is 3. The Bertz CT molecular complexity index is 1260. The predicted molar refractivity (Wildman–Crippen MR) is 103 cm³/mol. The van der Waals surface area contributed by atoms with Crippen LogP contribution in [0.5, 0.6) is 0 Å². The topological polar surface area (TPSA) is 82.2 Å². The summed E-state index contributed by atoms with van der Waals surface area (Å²) in [7, 11) is 0.989. The number of benzene rings is 1. The van der Waals surface area contributed by atoms with Crippen LogP contribution in [0.2, 0.25) is 0 Å². The molecule has 1 saturated heterocycles. The van der Waals surface area contributed by atoms with Crippen LogP contribution < -0.4 is 15.4 Å². The zero-order valence-corrected chi connectivity index (χ0v) is 15.6. The van der Waals surface area contributed by atoms with Gasteiger partial charge in [0.05, 0.1) is 24.5 Å². The van der Waals surface area contributed by atoms with Crippen LogP contribution >= 0.6 is 0 Å². The van der Waals surface area contributed by atoms with Gasteiger partial charge in [-0.15, -0.1) is 0 Å². The molecular weight excluding hydrogens is 399 g/mol. The summed E-state index contributed by atoms with van der Waals surface area (Å²) in [5, 5.41) is 11.0. The molecule has 0 saturated carbocycles. The van der Waals surface area contributed by atoms with Crippen molar-refractivity contribution in [3.63, 3.8) is 0 Å². The highest BCUT2D eigenvalue weighted by Gasteiger charge is 2.42. The summed E-state index contributed by atoms with van der Waals surface area (Å²) in [6.07, 6.45) is -1.65. The van der Waals surface area contributed by atoms with E-state index in [0.717, 1.165) is 29.5 Å². The molecule has 2 amide bonds. The first-order valence-electron chi connectivity index (χ1n) is 8.84. The fourth-order valence-corrected chi connectivity index (χ4v) is 3.57. The fraction of sp³-hybridized carbons (Fsp3) is 0.200. The maximum atomic E-state index is 13.2. The lowest BCUT2D eigenvalue weighted by Crippen LogP contribution is -2.37. The molecule has 7 nitrogen and oxygen atoms in total. The second-order valence-electron chi connectivity index (χ2n) is 6.75. The lowest BCUT2D eigenvalue weighted by molar-refractivity contribution is -0.143. The monoisotopic (exact) mass is 413 g/mol. The SMILES string of the molecule is Cn1c(C(F)(F)F)ccc(N2C[C@@H](C#N)N(c3cncc4ccccc34)C2=O)c1=O. The summed E-state index contributed by atoms with van der Waals surface area (Å²) >= 11 is 0. The van der Waals surface area contributed by atoms with Gasteiger partial charge in [-0.2, -0.15) is 18.4 Å². The van der Waals surface area contributed by atoms with Gasteiger partial charge in [-0.3, -0.25) is 19.6 Å². The van der Waals surface area contributed by atoms with Crippen LogP contribution in [0, 0.1) is 11.3 Å². The Balaban J connectivity index is 1.81. The van der Waals surface area contributed by atoms with Crippen molar-refractivity contribution in [2.75, 3.05) is 16.3 Å². The molecule has 2 aromatic heterocycles. The molecule has 0 radical (unpaired) electrons. The van der Waals surface area contributed by atoms with Gasteiger partial charge in [0.1, 0.15) is 17.4 Å². The minimum atomic E-state index is -4.71. The normalized spacial score (nSPS) is 16.9. The van der Waals surface area contributed by atoms with Gasteiger partial charge in [0.15, 0.2) is 0 Å². The van der Waals surface area contributed by atoms with Gasteiger partial charge in [0.25, 0.3) is 5.56 Å². The molecule has 0 bridgehead atoms. The third-order valence-electron chi connectivity index (χ3n) is 5.03. The molecule has 0 N–H and O–H groups in total. The van der Waals surface area contributed by atoms with E-state index in [-0.39, 0.29) is 12.2 Å². The minimum Gasteiger partial charge on any atom is -0.306 e. The van der Waals surface area contributed by atoms with Crippen LogP contribution in [-0.2, 0) is 13.2 Å². The number of amides is 2. The number of nitriles is 1. The zero-order chi connectivity index (χ0) is 21.6. The first kappa shape index (κ1) is 19.4. The number of carbonyl (C=O) groups excluding carboxylic acids is 1. The van der Waals surface area contributed by atoms with Gasteiger partial charge < -0.3 is 4.57 Å². The van der Waals surface area contributed by atoms with Crippen molar-refractivity contribution in [2.45, 2.75) is 12.2 Å². The third kappa shape index (κ3) is 2.95. The highest BCUT2D eigenvalue weighted by molar-refractivity contribution is 6.11. The molecule has 1 atom stereocenters. The molecule has 10 heteroatoms. The van der Waals surface area contributed by atoms with E-state index in [1.165, 1.54) is 11.1 Å². The number of carbonyl (C=O) groups is 1. The lowest BCUT2D eigenvalue weighted by Gasteiger charge is -2.21. The molecule has 0 unspecified atom stereocenters. The molecule has 1 fully saturated rings. The van der Waals surface area contributed by atoms with E-state index in [2.05, 4.69) is 4.98 Å². The molecule has 152 valence electrons. The van der Waals surface area contributed by atoms with Crippen LogP contribution in [-0.4, -0.2) is 28.2 Å². The maximum absolute atomic E-state index is 13.2. The third-order valence-corrected chi connectivity index (χ3v) is 5.03. The highest BCUT2D eigenvalue weighted by Crippen LogP contribution is 2.33. The first-order valence-corrected chi connectivity index (χ1v) is 8.84. The number of hydrogen-bond acceptors (Lipinski definition) is 4. The molecule has 0 spiro atoms. The Labute approximate surface area is 168 Å². The zero-order valence-electron chi connectivity index (χ0n) is 15.6. The number of alkyl halides is 3. The summed E-state index contributed by atoms with van der Waals surface area (Å²) in [6, 6.07) is 9.25. The maximum Gasteiger partial charge on any atom is 0.431 e. The fourth-order valence-electron chi connectivity index (χ4n) is 3.57. The van der Waals surface area contributed by atoms with Gasteiger partial charge in [0, 0.05) is 24.0 Å². The van der Waals surface area contributed by atoms with Crippen molar-refractivity contribution in [1.29, 1.82) is 5.26 Å². The summed E-state index contributed by atoms with van der Waals surface area (Å²) < 4.78 is 39.6.